The van der Waals surface area contributed by atoms with Crippen molar-refractivity contribution < 1.29 is 9.84 Å². The van der Waals surface area contributed by atoms with Gasteiger partial charge in [0.05, 0.1) is 12.7 Å². The summed E-state index contributed by atoms with van der Waals surface area (Å²) in [5.41, 5.74) is 2.06. The van der Waals surface area contributed by atoms with Gasteiger partial charge in [-0.2, -0.15) is 0 Å². The van der Waals surface area contributed by atoms with Crippen molar-refractivity contribution in [1.29, 1.82) is 0 Å². The third kappa shape index (κ3) is 7.52. The number of aliphatic hydroxyl groups excluding tert-OH is 1. The van der Waals surface area contributed by atoms with Gasteiger partial charge < -0.3 is 9.84 Å². The summed E-state index contributed by atoms with van der Waals surface area (Å²) in [5.74, 6) is 0.947. The highest BCUT2D eigenvalue weighted by Crippen LogP contribution is 2.23. The van der Waals surface area contributed by atoms with Gasteiger partial charge in [0.2, 0.25) is 0 Å². The van der Waals surface area contributed by atoms with E-state index in [1.165, 1.54) is 44.9 Å². The van der Waals surface area contributed by atoms with Crippen LogP contribution in [0.25, 0.3) is 0 Å². The molecule has 1 rings (SSSR count). The van der Waals surface area contributed by atoms with Crippen LogP contribution >= 0.6 is 0 Å². The molecule has 0 saturated carbocycles. The molecule has 0 bridgehead atoms. The Morgan fingerprint density at radius 1 is 1.00 bits per heavy atom. The van der Waals surface area contributed by atoms with Gasteiger partial charge in [0.1, 0.15) is 5.75 Å². The summed E-state index contributed by atoms with van der Waals surface area (Å²) < 4.78 is 5.83. The van der Waals surface area contributed by atoms with E-state index in [2.05, 4.69) is 6.92 Å². The van der Waals surface area contributed by atoms with Crippen LogP contribution in [0.4, 0.5) is 0 Å². The van der Waals surface area contributed by atoms with E-state index in [1.807, 2.05) is 25.1 Å². The van der Waals surface area contributed by atoms with Crippen LogP contribution in [0.5, 0.6) is 5.75 Å². The van der Waals surface area contributed by atoms with Crippen LogP contribution in [0.1, 0.15) is 82.4 Å². The zero-order valence-corrected chi connectivity index (χ0v) is 14.0. The lowest BCUT2D eigenvalue weighted by molar-refractivity contribution is 0.199. The molecule has 1 aromatic rings. The van der Waals surface area contributed by atoms with Crippen LogP contribution in [0.2, 0.25) is 0 Å². The van der Waals surface area contributed by atoms with E-state index in [0.717, 1.165) is 29.9 Å². The van der Waals surface area contributed by atoms with Crippen molar-refractivity contribution in [2.45, 2.75) is 78.2 Å². The molecule has 0 aliphatic rings. The largest absolute Gasteiger partial charge is 0.493 e. The molecule has 0 aliphatic carbocycles. The number of aliphatic hydroxyl groups is 1. The van der Waals surface area contributed by atoms with Gasteiger partial charge in [-0.15, -0.1) is 0 Å². The van der Waals surface area contributed by atoms with Crippen LogP contribution in [0.15, 0.2) is 18.2 Å². The second-order valence-electron chi connectivity index (χ2n) is 6.02. The number of aryl methyl sites for hydroxylation is 1. The third-order valence-corrected chi connectivity index (χ3v) is 3.94. The van der Waals surface area contributed by atoms with E-state index in [4.69, 9.17) is 4.74 Å². The number of rotatable bonds is 11. The summed E-state index contributed by atoms with van der Waals surface area (Å²) in [6, 6.07) is 5.93. The van der Waals surface area contributed by atoms with Gasteiger partial charge in [-0.05, 0) is 43.5 Å². The molecule has 0 aliphatic heterocycles. The van der Waals surface area contributed by atoms with Crippen molar-refractivity contribution >= 4 is 0 Å². The molecule has 1 aromatic carbocycles. The molecule has 0 heterocycles. The minimum absolute atomic E-state index is 0.412. The monoisotopic (exact) mass is 292 g/mol. The second kappa shape index (κ2) is 10.7. The Hall–Kier alpha value is -1.02. The number of hydrogen-bond donors (Lipinski definition) is 1. The van der Waals surface area contributed by atoms with Gasteiger partial charge in [-0.25, -0.2) is 0 Å². The lowest BCUT2D eigenvalue weighted by Crippen LogP contribution is -2.00. The molecule has 1 N–H and O–H groups in total. The predicted molar refractivity (Wildman–Crippen MR) is 89.9 cm³/mol. The molecule has 0 aromatic heterocycles. The summed E-state index contributed by atoms with van der Waals surface area (Å²) in [6.07, 6.45) is 10.1. The van der Waals surface area contributed by atoms with Crippen LogP contribution in [-0.2, 0) is 0 Å². The minimum atomic E-state index is -0.412. The number of unbranched alkanes of at least 4 members (excludes halogenated alkanes) is 7. The molecule has 0 radical (unpaired) electrons. The lowest BCUT2D eigenvalue weighted by Gasteiger charge is -2.12. The van der Waals surface area contributed by atoms with E-state index >= 15 is 0 Å². The van der Waals surface area contributed by atoms with Crippen molar-refractivity contribution in [1.82, 2.24) is 0 Å². The standard InChI is InChI=1S/C19H32O2/c1-4-5-6-7-8-9-10-11-14-21-19-13-12-18(17(3)20)15-16(19)2/h12-13,15,17,20H,4-11,14H2,1-3H3/t17-/m1/s1. The zero-order valence-electron chi connectivity index (χ0n) is 14.0. The lowest BCUT2D eigenvalue weighted by atomic mass is 10.1. The minimum Gasteiger partial charge on any atom is -0.493 e. The summed E-state index contributed by atoms with van der Waals surface area (Å²) in [6.45, 7) is 6.88. The smallest absolute Gasteiger partial charge is 0.122 e. The molecule has 21 heavy (non-hydrogen) atoms. The summed E-state index contributed by atoms with van der Waals surface area (Å²) >= 11 is 0. The first-order valence-electron chi connectivity index (χ1n) is 8.56. The summed E-state index contributed by atoms with van der Waals surface area (Å²) in [7, 11) is 0. The first-order chi connectivity index (χ1) is 10.1. The molecule has 1 atom stereocenters. The third-order valence-electron chi connectivity index (χ3n) is 3.94. The van der Waals surface area contributed by atoms with E-state index in [-0.39, 0.29) is 0 Å². The normalized spacial score (nSPS) is 12.4. The predicted octanol–water partition coefficient (Wildman–Crippen LogP) is 5.57. The van der Waals surface area contributed by atoms with Gasteiger partial charge in [0, 0.05) is 0 Å². The Balaban J connectivity index is 2.13. The van der Waals surface area contributed by atoms with Crippen LogP contribution in [0.3, 0.4) is 0 Å². The maximum atomic E-state index is 9.55. The Labute approximate surface area is 130 Å². The van der Waals surface area contributed by atoms with Crippen molar-refractivity contribution in [3.8, 4) is 5.75 Å². The van der Waals surface area contributed by atoms with Crippen LogP contribution < -0.4 is 4.74 Å². The molecular formula is C19H32O2. The Morgan fingerprint density at radius 2 is 1.62 bits per heavy atom. The van der Waals surface area contributed by atoms with Crippen LogP contribution in [0, 0.1) is 6.92 Å². The van der Waals surface area contributed by atoms with Crippen molar-refractivity contribution in [2.24, 2.45) is 0 Å². The number of hydrogen-bond acceptors (Lipinski definition) is 2. The maximum Gasteiger partial charge on any atom is 0.122 e. The van der Waals surface area contributed by atoms with Gasteiger partial charge in [-0.1, -0.05) is 57.9 Å². The fourth-order valence-electron chi connectivity index (χ4n) is 2.51. The Morgan fingerprint density at radius 3 is 2.19 bits per heavy atom. The molecule has 0 fully saturated rings. The second-order valence-corrected chi connectivity index (χ2v) is 6.02. The molecule has 0 saturated heterocycles. The Kier molecular flexibility index (Phi) is 9.16. The van der Waals surface area contributed by atoms with E-state index in [9.17, 15) is 5.11 Å². The fraction of sp³-hybridized carbons (Fsp3) is 0.684. The van der Waals surface area contributed by atoms with Gasteiger partial charge in [0.15, 0.2) is 0 Å². The summed E-state index contributed by atoms with van der Waals surface area (Å²) in [5, 5.41) is 9.55. The van der Waals surface area contributed by atoms with Gasteiger partial charge in [-0.3, -0.25) is 0 Å². The highest BCUT2D eigenvalue weighted by Gasteiger charge is 2.04. The highest BCUT2D eigenvalue weighted by atomic mass is 16.5. The maximum absolute atomic E-state index is 9.55. The average Bonchev–Trinajstić information content (AvgIpc) is 2.46. The Bertz CT molecular complexity index is 385. The molecule has 0 spiro atoms. The van der Waals surface area contributed by atoms with E-state index in [0.29, 0.717) is 0 Å². The van der Waals surface area contributed by atoms with Gasteiger partial charge in [0.25, 0.3) is 0 Å². The quantitative estimate of drug-likeness (QED) is 0.540. The first kappa shape index (κ1) is 18.0. The molecular weight excluding hydrogens is 260 g/mol. The average molecular weight is 292 g/mol. The number of ether oxygens (including phenoxy) is 1. The first-order valence-corrected chi connectivity index (χ1v) is 8.56. The molecule has 120 valence electrons. The summed E-state index contributed by atoms with van der Waals surface area (Å²) in [4.78, 5) is 0. The van der Waals surface area contributed by atoms with Crippen molar-refractivity contribution in [3.05, 3.63) is 29.3 Å². The molecule has 0 amide bonds. The SMILES string of the molecule is CCCCCCCCCCOc1ccc([C@@H](C)O)cc1C. The van der Waals surface area contributed by atoms with Crippen molar-refractivity contribution in [3.63, 3.8) is 0 Å². The molecule has 2 heteroatoms. The molecule has 2 nitrogen and oxygen atoms in total. The fourth-order valence-corrected chi connectivity index (χ4v) is 2.51. The van der Waals surface area contributed by atoms with E-state index in [1.54, 1.807) is 6.92 Å². The van der Waals surface area contributed by atoms with E-state index < -0.39 is 6.10 Å². The van der Waals surface area contributed by atoms with Crippen molar-refractivity contribution in [2.75, 3.05) is 6.61 Å². The van der Waals surface area contributed by atoms with Crippen LogP contribution in [-0.4, -0.2) is 11.7 Å². The van der Waals surface area contributed by atoms with Gasteiger partial charge >= 0.3 is 0 Å². The molecule has 0 unspecified atom stereocenters. The topological polar surface area (TPSA) is 29.5 Å². The highest BCUT2D eigenvalue weighted by molar-refractivity contribution is 5.36. The zero-order chi connectivity index (χ0) is 15.5. The number of benzene rings is 1.